The molecule has 7 nitrogen and oxygen atoms in total. The third-order valence-electron chi connectivity index (χ3n) is 4.69. The van der Waals surface area contributed by atoms with Crippen LogP contribution in [0.25, 0.3) is 11.0 Å². The van der Waals surface area contributed by atoms with Crippen LogP contribution in [-0.4, -0.2) is 16.8 Å². The molecule has 1 aromatic heterocycles. The van der Waals surface area contributed by atoms with E-state index in [9.17, 15) is 30.0 Å². The Morgan fingerprint density at radius 2 is 1.46 bits per heavy atom. The van der Waals surface area contributed by atoms with Crippen LogP contribution in [0.2, 0.25) is 10.0 Å². The summed E-state index contributed by atoms with van der Waals surface area (Å²) in [5, 5.41) is -0.550. The maximum Gasteiger partial charge on any atom is 0.417 e. The van der Waals surface area contributed by atoms with Gasteiger partial charge < -0.3 is 4.42 Å². The van der Waals surface area contributed by atoms with Crippen LogP contribution in [-0.2, 0) is 26.2 Å². The van der Waals surface area contributed by atoms with Crippen molar-refractivity contribution in [2.75, 3.05) is 9.44 Å². The van der Waals surface area contributed by atoms with E-state index in [4.69, 9.17) is 27.6 Å². The van der Waals surface area contributed by atoms with Crippen molar-refractivity contribution in [3.63, 3.8) is 0 Å². The molecule has 0 aliphatic rings. The number of alkyl halides is 3. The zero-order valence-corrected chi connectivity index (χ0v) is 20.2. The van der Waals surface area contributed by atoms with Gasteiger partial charge in [-0.3, -0.25) is 9.44 Å². The monoisotopic (exact) mass is 564 g/mol. The average Bonchev–Trinajstić information content (AvgIpc) is 3.20. The van der Waals surface area contributed by atoms with Gasteiger partial charge in [0.15, 0.2) is 0 Å². The van der Waals surface area contributed by atoms with Gasteiger partial charge in [0.1, 0.15) is 5.58 Å². The molecule has 0 atom stereocenters. The second-order valence-corrected chi connectivity index (χ2v) is 11.3. The molecule has 0 fully saturated rings. The largest absolute Gasteiger partial charge is 0.443 e. The second-order valence-electron chi connectivity index (χ2n) is 7.14. The fourth-order valence-electron chi connectivity index (χ4n) is 3.07. The first-order valence-electron chi connectivity index (χ1n) is 9.47. The molecule has 0 saturated carbocycles. The Balaban J connectivity index is 1.70. The Kier molecular flexibility index (Phi) is 6.43. The lowest BCUT2D eigenvalue weighted by Gasteiger charge is -2.15. The van der Waals surface area contributed by atoms with Gasteiger partial charge in [0.2, 0.25) is 5.09 Å². The molecule has 0 aliphatic carbocycles. The fourth-order valence-corrected chi connectivity index (χ4v) is 5.61. The molecule has 0 saturated heterocycles. The van der Waals surface area contributed by atoms with Crippen molar-refractivity contribution < 1.29 is 34.4 Å². The van der Waals surface area contributed by atoms with Crippen molar-refractivity contribution in [3.8, 4) is 0 Å². The minimum Gasteiger partial charge on any atom is -0.443 e. The molecule has 35 heavy (non-hydrogen) atoms. The quantitative estimate of drug-likeness (QED) is 0.283. The molecule has 4 aromatic rings. The highest BCUT2D eigenvalue weighted by Gasteiger charge is 2.34. The molecule has 0 aliphatic heterocycles. The summed E-state index contributed by atoms with van der Waals surface area (Å²) in [6, 6.07) is 13.4. The number of benzene rings is 3. The number of sulfonamides is 2. The summed E-state index contributed by atoms with van der Waals surface area (Å²) in [7, 11) is -8.94. The molecule has 0 bridgehead atoms. The molecule has 184 valence electrons. The summed E-state index contributed by atoms with van der Waals surface area (Å²) in [6.07, 6.45) is -4.89. The van der Waals surface area contributed by atoms with Gasteiger partial charge in [-0.05, 0) is 42.5 Å². The number of furan rings is 1. The van der Waals surface area contributed by atoms with Crippen LogP contribution in [0.3, 0.4) is 0 Å². The molecular formula is C21H13Cl2F3N2O5S2. The van der Waals surface area contributed by atoms with E-state index in [1.165, 1.54) is 12.1 Å². The maximum absolute atomic E-state index is 13.2. The van der Waals surface area contributed by atoms with Crippen LogP contribution in [0.5, 0.6) is 0 Å². The summed E-state index contributed by atoms with van der Waals surface area (Å²) in [5.74, 6) is 0. The maximum atomic E-state index is 13.2. The molecule has 14 heteroatoms. The number of anilines is 2. The second kappa shape index (κ2) is 8.94. The Morgan fingerprint density at radius 1 is 0.771 bits per heavy atom. The topological polar surface area (TPSA) is 105 Å². The van der Waals surface area contributed by atoms with E-state index in [0.717, 1.165) is 24.3 Å². The number of hydrogen-bond donors (Lipinski definition) is 2. The number of nitrogens with one attached hydrogen (secondary N) is 2. The average molecular weight is 565 g/mol. The first-order chi connectivity index (χ1) is 16.3. The van der Waals surface area contributed by atoms with Gasteiger partial charge in [0.05, 0.1) is 26.9 Å². The van der Waals surface area contributed by atoms with Gasteiger partial charge >= 0.3 is 6.18 Å². The number of fused-ring (bicyclic) bond motifs is 1. The Morgan fingerprint density at radius 3 is 2.14 bits per heavy atom. The van der Waals surface area contributed by atoms with Crippen LogP contribution in [0, 0.1) is 0 Å². The van der Waals surface area contributed by atoms with E-state index in [1.807, 2.05) is 0 Å². The molecule has 0 spiro atoms. The molecule has 4 rings (SSSR count). The number of rotatable bonds is 6. The summed E-state index contributed by atoms with van der Waals surface area (Å²) in [6.45, 7) is 0. The van der Waals surface area contributed by atoms with Gasteiger partial charge in [-0.25, -0.2) is 8.42 Å². The van der Waals surface area contributed by atoms with Crippen molar-refractivity contribution in [2.45, 2.75) is 16.2 Å². The highest BCUT2D eigenvalue weighted by molar-refractivity contribution is 7.93. The minimum atomic E-state index is -4.89. The normalized spacial score (nSPS) is 12.6. The molecule has 2 N–H and O–H groups in total. The Bertz CT molecular complexity index is 1620. The highest BCUT2D eigenvalue weighted by atomic mass is 35.5. The lowest BCUT2D eigenvalue weighted by molar-refractivity contribution is -0.137. The van der Waals surface area contributed by atoms with Crippen molar-refractivity contribution in [3.05, 3.63) is 82.3 Å². The Hall–Kier alpha value is -2.93. The van der Waals surface area contributed by atoms with Crippen LogP contribution in [0.1, 0.15) is 5.56 Å². The van der Waals surface area contributed by atoms with Gasteiger partial charge in [-0.2, -0.15) is 21.6 Å². The van der Waals surface area contributed by atoms with Crippen molar-refractivity contribution >= 4 is 65.6 Å². The van der Waals surface area contributed by atoms with Crippen LogP contribution >= 0.6 is 23.2 Å². The number of para-hydroxylation sites is 1. The van der Waals surface area contributed by atoms with Gasteiger partial charge in [-0.15, -0.1) is 0 Å². The van der Waals surface area contributed by atoms with Gasteiger partial charge in [0.25, 0.3) is 20.0 Å². The Labute approximate surface area is 207 Å². The van der Waals surface area contributed by atoms with E-state index < -0.39 is 46.8 Å². The molecule has 3 aromatic carbocycles. The first-order valence-corrected chi connectivity index (χ1v) is 13.2. The molecule has 1 heterocycles. The molecule has 0 radical (unpaired) electrons. The van der Waals surface area contributed by atoms with Crippen molar-refractivity contribution in [1.82, 2.24) is 0 Å². The lowest BCUT2D eigenvalue weighted by Crippen LogP contribution is -2.18. The standard InChI is InChI=1S/C21H13Cl2F3N2O5S2/c22-13-5-8-17(27-34(29,30)14-6-7-16(23)15(11-14)21(24,25)26)18(10-13)28-35(31,32)20-9-12-3-1-2-4-19(12)33-20/h1-11,27-28H. The third-order valence-corrected chi connectivity index (χ3v) is 7.84. The lowest BCUT2D eigenvalue weighted by atomic mass is 10.2. The minimum absolute atomic E-state index is 0.0566. The molecule has 0 amide bonds. The predicted octanol–water partition coefficient (Wildman–Crippen LogP) is 6.36. The van der Waals surface area contributed by atoms with E-state index >= 15 is 0 Å². The van der Waals surface area contributed by atoms with Crippen molar-refractivity contribution in [1.29, 1.82) is 0 Å². The van der Waals surface area contributed by atoms with Crippen LogP contribution in [0.15, 0.2) is 81.1 Å². The highest BCUT2D eigenvalue weighted by Crippen LogP contribution is 2.37. The zero-order valence-electron chi connectivity index (χ0n) is 17.1. The van der Waals surface area contributed by atoms with E-state index in [1.54, 1.807) is 24.3 Å². The summed E-state index contributed by atoms with van der Waals surface area (Å²) < 4.78 is 101. The number of hydrogen-bond acceptors (Lipinski definition) is 5. The van der Waals surface area contributed by atoms with Gasteiger partial charge in [0, 0.05) is 16.5 Å². The summed E-state index contributed by atoms with van der Waals surface area (Å²) >= 11 is 11.5. The van der Waals surface area contributed by atoms with Crippen LogP contribution < -0.4 is 9.44 Å². The summed E-state index contributed by atoms with van der Waals surface area (Å²) in [4.78, 5) is -0.740. The first kappa shape index (κ1) is 25.2. The predicted molar refractivity (Wildman–Crippen MR) is 126 cm³/mol. The zero-order chi connectivity index (χ0) is 25.6. The SMILES string of the molecule is O=S(=O)(Nc1ccc(Cl)cc1NS(=O)(=O)c1cc2ccccc2o1)c1ccc(Cl)c(C(F)(F)F)c1. The molecular weight excluding hydrogens is 552 g/mol. The third kappa shape index (κ3) is 5.35. The molecule has 0 unspecified atom stereocenters. The van der Waals surface area contributed by atoms with E-state index in [-0.39, 0.29) is 16.4 Å². The van der Waals surface area contributed by atoms with E-state index in [0.29, 0.717) is 17.0 Å². The summed E-state index contributed by atoms with van der Waals surface area (Å²) in [5.41, 5.74) is -1.61. The van der Waals surface area contributed by atoms with Crippen LogP contribution in [0.4, 0.5) is 24.5 Å². The fraction of sp³-hybridized carbons (Fsp3) is 0.0476. The van der Waals surface area contributed by atoms with Crippen molar-refractivity contribution in [2.24, 2.45) is 0 Å². The number of halogens is 5. The van der Waals surface area contributed by atoms with E-state index in [2.05, 4.69) is 9.44 Å². The van der Waals surface area contributed by atoms with Gasteiger partial charge in [-0.1, -0.05) is 41.4 Å². The smallest absolute Gasteiger partial charge is 0.417 e.